The molecule has 27 heavy (non-hydrogen) atoms. The molecule has 2 atom stereocenters. The summed E-state index contributed by atoms with van der Waals surface area (Å²) < 4.78 is 7.44. The van der Waals surface area contributed by atoms with E-state index in [1.807, 2.05) is 44.3 Å². The van der Waals surface area contributed by atoms with Crippen LogP contribution in [0, 0.1) is 12.8 Å². The summed E-state index contributed by atoms with van der Waals surface area (Å²) in [5.74, 6) is 0.149. The number of ether oxygens (including phenoxy) is 1. The molecule has 0 bridgehead atoms. The van der Waals surface area contributed by atoms with Crippen LogP contribution in [0.25, 0.3) is 10.9 Å². The van der Waals surface area contributed by atoms with Gasteiger partial charge in [0.2, 0.25) is 0 Å². The maximum Gasteiger partial charge on any atom is 0.269 e. The van der Waals surface area contributed by atoms with E-state index in [-0.39, 0.29) is 17.9 Å². The van der Waals surface area contributed by atoms with Crippen molar-refractivity contribution in [2.45, 2.75) is 32.9 Å². The largest absolute Gasteiger partial charge is 0.379 e. The van der Waals surface area contributed by atoms with Crippen LogP contribution in [0.2, 0.25) is 0 Å². The molecule has 0 radical (unpaired) electrons. The lowest BCUT2D eigenvalue weighted by Crippen LogP contribution is -2.41. The fraction of sp³-hybridized carbons (Fsp3) is 0.381. The first-order valence-corrected chi connectivity index (χ1v) is 9.41. The Bertz CT molecular complexity index is 960. The van der Waals surface area contributed by atoms with Crippen LogP contribution in [0.1, 0.15) is 28.7 Å². The lowest BCUT2D eigenvalue weighted by molar-refractivity contribution is 0.0914. The van der Waals surface area contributed by atoms with Crippen molar-refractivity contribution in [3.05, 3.63) is 59.5 Å². The van der Waals surface area contributed by atoms with Crippen molar-refractivity contribution in [2.75, 3.05) is 13.2 Å². The smallest absolute Gasteiger partial charge is 0.269 e. The SMILES string of the molecule is CCn1nc(C)cc1C(=O)N[C@@H]1COC[C@H]1Cc1ccnc2ccccc12. The first-order chi connectivity index (χ1) is 13.2. The first kappa shape index (κ1) is 17.7. The van der Waals surface area contributed by atoms with Gasteiger partial charge in [0.1, 0.15) is 5.69 Å². The van der Waals surface area contributed by atoms with Crippen molar-refractivity contribution in [1.29, 1.82) is 0 Å². The minimum absolute atomic E-state index is 0.00932. The molecule has 2 aromatic heterocycles. The summed E-state index contributed by atoms with van der Waals surface area (Å²) in [5.41, 5.74) is 3.70. The molecule has 0 unspecified atom stereocenters. The number of aromatic nitrogens is 3. The Morgan fingerprint density at radius 1 is 1.30 bits per heavy atom. The van der Waals surface area contributed by atoms with Gasteiger partial charge in [-0.15, -0.1) is 0 Å². The van der Waals surface area contributed by atoms with Gasteiger partial charge >= 0.3 is 0 Å². The van der Waals surface area contributed by atoms with Gasteiger partial charge in [-0.1, -0.05) is 18.2 Å². The maximum absolute atomic E-state index is 12.8. The highest BCUT2D eigenvalue weighted by molar-refractivity contribution is 5.93. The minimum atomic E-state index is -0.0856. The number of hydrogen-bond acceptors (Lipinski definition) is 4. The molecule has 1 N–H and O–H groups in total. The molecular weight excluding hydrogens is 340 g/mol. The van der Waals surface area contributed by atoms with E-state index in [2.05, 4.69) is 27.5 Å². The average Bonchev–Trinajstić information content (AvgIpc) is 3.28. The van der Waals surface area contributed by atoms with Crippen molar-refractivity contribution in [3.8, 4) is 0 Å². The lowest BCUT2D eigenvalue weighted by Gasteiger charge is -2.20. The second-order valence-electron chi connectivity index (χ2n) is 7.06. The molecule has 1 saturated heterocycles. The molecular formula is C21H24N4O2. The fourth-order valence-electron chi connectivity index (χ4n) is 3.79. The van der Waals surface area contributed by atoms with Crippen molar-refractivity contribution in [2.24, 2.45) is 5.92 Å². The fourth-order valence-corrected chi connectivity index (χ4v) is 3.79. The van der Waals surface area contributed by atoms with Gasteiger partial charge in [-0.05, 0) is 44.0 Å². The highest BCUT2D eigenvalue weighted by Crippen LogP contribution is 2.24. The van der Waals surface area contributed by atoms with Crippen molar-refractivity contribution in [3.63, 3.8) is 0 Å². The van der Waals surface area contributed by atoms with Crippen LogP contribution >= 0.6 is 0 Å². The van der Waals surface area contributed by atoms with Crippen LogP contribution in [-0.4, -0.2) is 39.9 Å². The lowest BCUT2D eigenvalue weighted by atomic mass is 9.93. The first-order valence-electron chi connectivity index (χ1n) is 9.41. The van der Waals surface area contributed by atoms with Crippen LogP contribution in [0.5, 0.6) is 0 Å². The predicted octanol–water partition coefficient (Wildman–Crippen LogP) is 2.75. The Morgan fingerprint density at radius 2 is 2.15 bits per heavy atom. The second kappa shape index (κ2) is 7.48. The Balaban J connectivity index is 1.51. The van der Waals surface area contributed by atoms with Crippen molar-refractivity contribution in [1.82, 2.24) is 20.1 Å². The number of amides is 1. The van der Waals surface area contributed by atoms with E-state index in [9.17, 15) is 4.79 Å². The number of hydrogen-bond donors (Lipinski definition) is 1. The summed E-state index contributed by atoms with van der Waals surface area (Å²) in [7, 11) is 0. The zero-order chi connectivity index (χ0) is 18.8. The van der Waals surface area contributed by atoms with Gasteiger partial charge in [0.25, 0.3) is 5.91 Å². The van der Waals surface area contributed by atoms with Crippen LogP contribution in [0.15, 0.2) is 42.6 Å². The molecule has 6 heteroatoms. The van der Waals surface area contributed by atoms with E-state index in [0.29, 0.717) is 25.5 Å². The van der Waals surface area contributed by atoms with E-state index < -0.39 is 0 Å². The topological polar surface area (TPSA) is 69.0 Å². The monoisotopic (exact) mass is 364 g/mol. The molecule has 1 aliphatic heterocycles. The third-order valence-electron chi connectivity index (χ3n) is 5.17. The standard InChI is InChI=1S/C21H24N4O2/c1-3-25-20(10-14(2)24-25)21(26)23-19-13-27-12-16(19)11-15-8-9-22-18-7-5-4-6-17(15)18/h4-10,16,19H,3,11-13H2,1-2H3,(H,23,26)/t16-,19-/m1/s1. The number of fused-ring (bicyclic) bond motifs is 1. The molecule has 1 fully saturated rings. The van der Waals surface area contributed by atoms with Crippen LogP contribution in [-0.2, 0) is 17.7 Å². The van der Waals surface area contributed by atoms with Gasteiger partial charge in [-0.2, -0.15) is 5.10 Å². The molecule has 140 valence electrons. The van der Waals surface area contributed by atoms with E-state index in [1.54, 1.807) is 4.68 Å². The Morgan fingerprint density at radius 3 is 3.00 bits per heavy atom. The number of pyridine rings is 1. The minimum Gasteiger partial charge on any atom is -0.379 e. The molecule has 0 spiro atoms. The van der Waals surface area contributed by atoms with Gasteiger partial charge in [0.05, 0.1) is 30.5 Å². The summed E-state index contributed by atoms with van der Waals surface area (Å²) in [6.45, 7) is 5.74. The molecule has 0 aliphatic carbocycles. The molecule has 4 rings (SSSR count). The highest BCUT2D eigenvalue weighted by Gasteiger charge is 2.31. The summed E-state index contributed by atoms with van der Waals surface area (Å²) in [6.07, 6.45) is 2.70. The molecule has 3 heterocycles. The van der Waals surface area contributed by atoms with Gasteiger partial charge < -0.3 is 10.1 Å². The zero-order valence-electron chi connectivity index (χ0n) is 15.7. The predicted molar refractivity (Wildman–Crippen MR) is 104 cm³/mol. The number of rotatable bonds is 5. The quantitative estimate of drug-likeness (QED) is 0.756. The number of nitrogens with one attached hydrogen (secondary N) is 1. The normalized spacial score (nSPS) is 19.5. The molecule has 1 aliphatic rings. The van der Waals surface area contributed by atoms with Gasteiger partial charge in [0.15, 0.2) is 0 Å². The summed E-state index contributed by atoms with van der Waals surface area (Å²) in [5, 5.41) is 8.69. The summed E-state index contributed by atoms with van der Waals surface area (Å²) in [4.78, 5) is 17.2. The Kier molecular flexibility index (Phi) is 4.90. The van der Waals surface area contributed by atoms with Crippen LogP contribution in [0.3, 0.4) is 0 Å². The zero-order valence-corrected chi connectivity index (χ0v) is 15.7. The van der Waals surface area contributed by atoms with Gasteiger partial charge in [-0.3, -0.25) is 14.5 Å². The number of nitrogens with zero attached hydrogens (tertiary/aromatic N) is 3. The average molecular weight is 364 g/mol. The molecule has 1 amide bonds. The molecule has 3 aromatic rings. The second-order valence-corrected chi connectivity index (χ2v) is 7.06. The molecule has 0 saturated carbocycles. The van der Waals surface area contributed by atoms with Gasteiger partial charge in [-0.25, -0.2) is 0 Å². The summed E-state index contributed by atoms with van der Waals surface area (Å²) in [6, 6.07) is 12.0. The Hall–Kier alpha value is -2.73. The number of para-hydroxylation sites is 1. The van der Waals surface area contributed by atoms with Crippen molar-refractivity contribution >= 4 is 16.8 Å². The van der Waals surface area contributed by atoms with Gasteiger partial charge in [0, 0.05) is 24.0 Å². The summed E-state index contributed by atoms with van der Waals surface area (Å²) >= 11 is 0. The van der Waals surface area contributed by atoms with E-state index in [4.69, 9.17) is 4.74 Å². The third-order valence-corrected chi connectivity index (χ3v) is 5.17. The van der Waals surface area contributed by atoms with Crippen LogP contribution < -0.4 is 5.32 Å². The third kappa shape index (κ3) is 3.57. The number of benzene rings is 1. The highest BCUT2D eigenvalue weighted by atomic mass is 16.5. The number of aryl methyl sites for hydroxylation is 2. The van der Waals surface area contributed by atoms with E-state index in [1.165, 1.54) is 5.56 Å². The van der Waals surface area contributed by atoms with E-state index in [0.717, 1.165) is 23.0 Å². The van der Waals surface area contributed by atoms with Crippen LogP contribution in [0.4, 0.5) is 0 Å². The molecule has 1 aromatic carbocycles. The number of carbonyl (C=O) groups is 1. The molecule has 6 nitrogen and oxygen atoms in total. The Labute approximate surface area is 158 Å². The maximum atomic E-state index is 12.8. The van der Waals surface area contributed by atoms with E-state index >= 15 is 0 Å². The number of carbonyl (C=O) groups excluding carboxylic acids is 1. The van der Waals surface area contributed by atoms with Crippen molar-refractivity contribution < 1.29 is 9.53 Å².